The maximum Gasteiger partial charge on any atom is 0.137 e. The molecule has 16 heavy (non-hydrogen) atoms. The summed E-state index contributed by atoms with van der Waals surface area (Å²) in [6.07, 6.45) is 3.06. The topological polar surface area (TPSA) is 17.3 Å². The van der Waals surface area contributed by atoms with E-state index in [1.165, 1.54) is 10.6 Å². The summed E-state index contributed by atoms with van der Waals surface area (Å²) in [6.45, 7) is 2.10. The van der Waals surface area contributed by atoms with Crippen LogP contribution in [0.15, 0.2) is 41.9 Å². The number of aromatic nitrogens is 2. The summed E-state index contributed by atoms with van der Waals surface area (Å²) in [7, 11) is 0. The van der Waals surface area contributed by atoms with Gasteiger partial charge in [-0.15, -0.1) is 11.3 Å². The molecule has 3 aromatic heterocycles. The van der Waals surface area contributed by atoms with Crippen molar-refractivity contribution in [1.82, 2.24) is 9.38 Å². The highest BCUT2D eigenvalue weighted by molar-refractivity contribution is 7.09. The van der Waals surface area contributed by atoms with Crippen molar-refractivity contribution >= 4 is 17.0 Å². The maximum atomic E-state index is 4.62. The molecule has 0 saturated carbocycles. The van der Waals surface area contributed by atoms with E-state index in [-0.39, 0.29) is 0 Å². The molecule has 0 atom stereocenters. The number of thiophene rings is 1. The molecule has 80 valence electrons. The Morgan fingerprint density at radius 2 is 2.19 bits per heavy atom. The normalized spacial score (nSPS) is 11.1. The smallest absolute Gasteiger partial charge is 0.137 e. The average Bonchev–Trinajstić information content (AvgIpc) is 2.88. The van der Waals surface area contributed by atoms with Gasteiger partial charge in [0.05, 0.1) is 5.69 Å². The fourth-order valence-electron chi connectivity index (χ4n) is 1.88. The van der Waals surface area contributed by atoms with Gasteiger partial charge in [0.25, 0.3) is 0 Å². The van der Waals surface area contributed by atoms with Crippen molar-refractivity contribution in [3.8, 4) is 0 Å². The lowest BCUT2D eigenvalue weighted by Crippen LogP contribution is -1.86. The minimum absolute atomic E-state index is 0.929. The first kappa shape index (κ1) is 9.60. The van der Waals surface area contributed by atoms with Gasteiger partial charge in [-0.25, -0.2) is 4.98 Å². The van der Waals surface area contributed by atoms with Crippen molar-refractivity contribution in [2.45, 2.75) is 13.3 Å². The van der Waals surface area contributed by atoms with Gasteiger partial charge in [0.1, 0.15) is 5.65 Å². The molecule has 0 unspecified atom stereocenters. The molecule has 0 aromatic carbocycles. The SMILES string of the molecule is Cc1cccc2nc(Cc3cccs3)cn12. The fourth-order valence-corrected chi connectivity index (χ4v) is 2.60. The Morgan fingerprint density at radius 1 is 1.25 bits per heavy atom. The van der Waals surface area contributed by atoms with Crippen LogP contribution in [0.1, 0.15) is 16.3 Å². The van der Waals surface area contributed by atoms with E-state index in [0.29, 0.717) is 0 Å². The van der Waals surface area contributed by atoms with Gasteiger partial charge < -0.3 is 4.40 Å². The fraction of sp³-hybridized carbons (Fsp3) is 0.154. The lowest BCUT2D eigenvalue weighted by Gasteiger charge is -1.95. The molecule has 0 aliphatic carbocycles. The zero-order chi connectivity index (χ0) is 11.0. The number of hydrogen-bond acceptors (Lipinski definition) is 2. The second-order valence-electron chi connectivity index (χ2n) is 3.88. The van der Waals surface area contributed by atoms with Gasteiger partial charge >= 0.3 is 0 Å². The molecule has 0 fully saturated rings. The molecule has 3 heterocycles. The van der Waals surface area contributed by atoms with E-state index in [2.05, 4.69) is 46.1 Å². The summed E-state index contributed by atoms with van der Waals surface area (Å²) >= 11 is 1.78. The van der Waals surface area contributed by atoms with E-state index in [9.17, 15) is 0 Å². The van der Waals surface area contributed by atoms with Crippen LogP contribution in [-0.2, 0) is 6.42 Å². The highest BCUT2D eigenvalue weighted by Crippen LogP contribution is 2.15. The molecule has 2 nitrogen and oxygen atoms in total. The molecule has 3 aromatic rings. The standard InChI is InChI=1S/C13H12N2S/c1-10-4-2-6-13-14-11(9-15(10)13)8-12-5-3-7-16-12/h2-7,9H,8H2,1H3. The third-order valence-electron chi connectivity index (χ3n) is 2.68. The lowest BCUT2D eigenvalue weighted by atomic mass is 10.3. The highest BCUT2D eigenvalue weighted by atomic mass is 32.1. The Morgan fingerprint density at radius 3 is 2.94 bits per heavy atom. The lowest BCUT2D eigenvalue weighted by molar-refractivity contribution is 1.08. The number of pyridine rings is 1. The quantitative estimate of drug-likeness (QED) is 0.658. The molecule has 0 bridgehead atoms. The van der Waals surface area contributed by atoms with Crippen molar-refractivity contribution in [2.24, 2.45) is 0 Å². The van der Waals surface area contributed by atoms with Gasteiger partial charge in [0.15, 0.2) is 0 Å². The summed E-state index contributed by atoms with van der Waals surface area (Å²) in [6, 6.07) is 10.4. The van der Waals surface area contributed by atoms with E-state index in [4.69, 9.17) is 0 Å². The van der Waals surface area contributed by atoms with E-state index in [0.717, 1.165) is 17.8 Å². The van der Waals surface area contributed by atoms with Crippen molar-refractivity contribution in [1.29, 1.82) is 0 Å². The van der Waals surface area contributed by atoms with Crippen LogP contribution in [-0.4, -0.2) is 9.38 Å². The predicted molar refractivity (Wildman–Crippen MR) is 67.1 cm³/mol. The molecule has 0 saturated heterocycles. The van der Waals surface area contributed by atoms with E-state index in [1.54, 1.807) is 11.3 Å². The Kier molecular flexibility index (Phi) is 2.26. The van der Waals surface area contributed by atoms with Gasteiger partial charge in [0, 0.05) is 23.2 Å². The number of rotatable bonds is 2. The third-order valence-corrected chi connectivity index (χ3v) is 3.56. The predicted octanol–water partition coefficient (Wildman–Crippen LogP) is 3.30. The molecule has 0 amide bonds. The van der Waals surface area contributed by atoms with Crippen LogP contribution >= 0.6 is 11.3 Å². The van der Waals surface area contributed by atoms with E-state index >= 15 is 0 Å². The molecular weight excluding hydrogens is 216 g/mol. The second kappa shape index (κ2) is 3.76. The van der Waals surface area contributed by atoms with E-state index in [1.807, 2.05) is 12.1 Å². The summed E-state index contributed by atoms with van der Waals surface area (Å²) < 4.78 is 2.14. The molecule has 0 spiro atoms. The monoisotopic (exact) mass is 228 g/mol. The first-order valence-electron chi connectivity index (χ1n) is 5.29. The molecule has 0 N–H and O–H groups in total. The summed E-state index contributed by atoms with van der Waals surface area (Å²) in [4.78, 5) is 5.98. The van der Waals surface area contributed by atoms with Crippen LogP contribution in [0.4, 0.5) is 0 Å². The van der Waals surface area contributed by atoms with Gasteiger partial charge in [-0.1, -0.05) is 12.1 Å². The largest absolute Gasteiger partial charge is 0.304 e. The molecule has 0 aliphatic heterocycles. The Balaban J connectivity index is 2.02. The zero-order valence-electron chi connectivity index (χ0n) is 9.05. The van der Waals surface area contributed by atoms with Gasteiger partial charge in [-0.2, -0.15) is 0 Å². The number of fused-ring (bicyclic) bond motifs is 1. The average molecular weight is 228 g/mol. The van der Waals surface area contributed by atoms with Crippen molar-refractivity contribution in [2.75, 3.05) is 0 Å². The van der Waals surface area contributed by atoms with Crippen LogP contribution in [0.25, 0.3) is 5.65 Å². The minimum Gasteiger partial charge on any atom is -0.304 e. The molecular formula is C13H12N2S. The zero-order valence-corrected chi connectivity index (χ0v) is 9.87. The number of aryl methyl sites for hydroxylation is 1. The van der Waals surface area contributed by atoms with Crippen molar-refractivity contribution in [3.05, 3.63) is 58.2 Å². The number of nitrogens with zero attached hydrogens (tertiary/aromatic N) is 2. The Bertz CT molecular complexity index is 608. The van der Waals surface area contributed by atoms with Gasteiger partial charge in [0.2, 0.25) is 0 Å². The van der Waals surface area contributed by atoms with Gasteiger partial charge in [-0.05, 0) is 30.5 Å². The molecule has 0 radical (unpaired) electrons. The van der Waals surface area contributed by atoms with Crippen LogP contribution in [0.5, 0.6) is 0 Å². The third kappa shape index (κ3) is 1.63. The van der Waals surface area contributed by atoms with Gasteiger partial charge in [-0.3, -0.25) is 0 Å². The van der Waals surface area contributed by atoms with Crippen LogP contribution in [0, 0.1) is 6.92 Å². The van der Waals surface area contributed by atoms with Crippen LogP contribution in [0.2, 0.25) is 0 Å². The first-order chi connectivity index (χ1) is 7.83. The van der Waals surface area contributed by atoms with Crippen LogP contribution < -0.4 is 0 Å². The minimum atomic E-state index is 0.929. The Hall–Kier alpha value is -1.61. The van der Waals surface area contributed by atoms with E-state index < -0.39 is 0 Å². The van der Waals surface area contributed by atoms with Crippen molar-refractivity contribution < 1.29 is 0 Å². The highest BCUT2D eigenvalue weighted by Gasteiger charge is 2.04. The molecule has 3 rings (SSSR count). The first-order valence-corrected chi connectivity index (χ1v) is 6.17. The number of hydrogen-bond donors (Lipinski definition) is 0. The maximum absolute atomic E-state index is 4.62. The summed E-state index contributed by atoms with van der Waals surface area (Å²) in [5, 5.41) is 2.11. The second-order valence-corrected chi connectivity index (χ2v) is 4.92. The summed E-state index contributed by atoms with van der Waals surface area (Å²) in [5.41, 5.74) is 3.39. The number of imidazole rings is 1. The molecule has 0 aliphatic rings. The summed E-state index contributed by atoms with van der Waals surface area (Å²) in [5.74, 6) is 0. The molecule has 3 heteroatoms. The van der Waals surface area contributed by atoms with Crippen LogP contribution in [0.3, 0.4) is 0 Å². The van der Waals surface area contributed by atoms with Crippen molar-refractivity contribution in [3.63, 3.8) is 0 Å². The Labute approximate surface area is 98.2 Å².